The van der Waals surface area contributed by atoms with Gasteiger partial charge in [0, 0.05) is 5.56 Å². The molecule has 1 aromatic carbocycles. The molecule has 0 saturated heterocycles. The van der Waals surface area contributed by atoms with Gasteiger partial charge in [-0.25, -0.2) is 9.78 Å². The third-order valence-electron chi connectivity index (χ3n) is 2.27. The zero-order chi connectivity index (χ0) is 13.0. The first-order chi connectivity index (χ1) is 8.70. The predicted molar refractivity (Wildman–Crippen MR) is 70.3 cm³/mol. The van der Waals surface area contributed by atoms with Gasteiger partial charge in [0.15, 0.2) is 0 Å². The van der Waals surface area contributed by atoms with Crippen LogP contribution < -0.4 is 4.74 Å². The minimum Gasteiger partial charge on any atom is -0.494 e. The van der Waals surface area contributed by atoms with Crippen molar-refractivity contribution in [3.05, 3.63) is 35.3 Å². The van der Waals surface area contributed by atoms with E-state index in [9.17, 15) is 4.79 Å². The van der Waals surface area contributed by atoms with E-state index in [-0.39, 0.29) is 4.88 Å². The second-order valence-corrected chi connectivity index (χ2v) is 4.74. The summed E-state index contributed by atoms with van der Waals surface area (Å²) in [5.41, 5.74) is 0.876. The van der Waals surface area contributed by atoms with E-state index >= 15 is 0 Å². The maximum atomic E-state index is 10.8. The molecule has 0 fully saturated rings. The summed E-state index contributed by atoms with van der Waals surface area (Å²) < 4.78 is 5.53. The molecule has 4 nitrogen and oxygen atoms in total. The third-order valence-corrected chi connectivity index (χ3v) is 3.30. The molecule has 5 heteroatoms. The molecule has 18 heavy (non-hydrogen) atoms. The number of ether oxygens (including phenoxy) is 1. The van der Waals surface area contributed by atoms with E-state index in [1.807, 2.05) is 31.2 Å². The summed E-state index contributed by atoms with van der Waals surface area (Å²) in [5, 5.41) is 9.55. The van der Waals surface area contributed by atoms with Gasteiger partial charge in [0.05, 0.1) is 12.8 Å². The number of thiazole rings is 1. The standard InChI is InChI=1S/C13H13NO3S/c1-2-6-17-10-5-3-4-9(7-10)12-14-8-11(18-12)13(15)16/h3-5,7-8H,2,6H2,1H3,(H,15,16). The molecular weight excluding hydrogens is 250 g/mol. The summed E-state index contributed by atoms with van der Waals surface area (Å²) >= 11 is 1.16. The van der Waals surface area contributed by atoms with Crippen molar-refractivity contribution in [2.75, 3.05) is 6.61 Å². The molecule has 1 N–H and O–H groups in total. The van der Waals surface area contributed by atoms with Crippen LogP contribution in [-0.4, -0.2) is 22.7 Å². The lowest BCUT2D eigenvalue weighted by atomic mass is 10.2. The first-order valence-electron chi connectivity index (χ1n) is 5.63. The molecule has 2 aromatic rings. The Hall–Kier alpha value is -1.88. The number of carbonyl (C=O) groups is 1. The molecule has 0 atom stereocenters. The Balaban J connectivity index is 2.23. The van der Waals surface area contributed by atoms with Crippen molar-refractivity contribution in [2.45, 2.75) is 13.3 Å². The van der Waals surface area contributed by atoms with Crippen LogP contribution >= 0.6 is 11.3 Å². The van der Waals surface area contributed by atoms with Crippen LogP contribution in [0.2, 0.25) is 0 Å². The number of aromatic carboxylic acids is 1. The van der Waals surface area contributed by atoms with Crippen molar-refractivity contribution in [2.24, 2.45) is 0 Å². The highest BCUT2D eigenvalue weighted by atomic mass is 32.1. The molecule has 94 valence electrons. The zero-order valence-electron chi connectivity index (χ0n) is 9.92. The fourth-order valence-corrected chi connectivity index (χ4v) is 2.20. The largest absolute Gasteiger partial charge is 0.494 e. The van der Waals surface area contributed by atoms with Crippen molar-refractivity contribution < 1.29 is 14.6 Å². The molecule has 0 bridgehead atoms. The Labute approximate surface area is 109 Å². The van der Waals surface area contributed by atoms with Crippen molar-refractivity contribution in [3.8, 4) is 16.3 Å². The Bertz CT molecular complexity index is 551. The van der Waals surface area contributed by atoms with Gasteiger partial charge < -0.3 is 9.84 Å². The molecule has 0 aliphatic rings. The maximum absolute atomic E-state index is 10.8. The van der Waals surface area contributed by atoms with Crippen LogP contribution in [0.25, 0.3) is 10.6 Å². The van der Waals surface area contributed by atoms with E-state index in [0.717, 1.165) is 29.1 Å². The Morgan fingerprint density at radius 3 is 3.00 bits per heavy atom. The smallest absolute Gasteiger partial charge is 0.347 e. The molecule has 0 saturated carbocycles. The van der Waals surface area contributed by atoms with Gasteiger partial charge in [0.25, 0.3) is 0 Å². The third kappa shape index (κ3) is 2.87. The van der Waals surface area contributed by atoms with Crippen LogP contribution in [-0.2, 0) is 0 Å². The lowest BCUT2D eigenvalue weighted by Crippen LogP contribution is -1.94. The Morgan fingerprint density at radius 1 is 1.50 bits per heavy atom. The zero-order valence-corrected chi connectivity index (χ0v) is 10.7. The van der Waals surface area contributed by atoms with Crippen molar-refractivity contribution in [3.63, 3.8) is 0 Å². The van der Waals surface area contributed by atoms with Gasteiger partial charge in [-0.2, -0.15) is 0 Å². The highest BCUT2D eigenvalue weighted by Gasteiger charge is 2.10. The van der Waals surface area contributed by atoms with Gasteiger partial charge in [-0.15, -0.1) is 11.3 Å². The van der Waals surface area contributed by atoms with E-state index in [0.29, 0.717) is 11.6 Å². The average Bonchev–Trinajstić information content (AvgIpc) is 2.86. The minimum absolute atomic E-state index is 0.241. The monoisotopic (exact) mass is 263 g/mol. The topological polar surface area (TPSA) is 59.4 Å². The molecule has 1 heterocycles. The summed E-state index contributed by atoms with van der Waals surface area (Å²) in [6.07, 6.45) is 2.33. The number of carboxylic acid groups (broad SMARTS) is 1. The SMILES string of the molecule is CCCOc1cccc(-c2ncc(C(=O)O)s2)c1. The van der Waals surface area contributed by atoms with Crippen molar-refractivity contribution in [1.29, 1.82) is 0 Å². The molecule has 0 aliphatic carbocycles. The molecule has 1 aromatic heterocycles. The minimum atomic E-state index is -0.947. The summed E-state index contributed by atoms with van der Waals surface area (Å²) in [6, 6.07) is 7.52. The number of rotatable bonds is 5. The van der Waals surface area contributed by atoms with Gasteiger partial charge in [-0.3, -0.25) is 0 Å². The fourth-order valence-electron chi connectivity index (χ4n) is 1.45. The van der Waals surface area contributed by atoms with Crippen molar-refractivity contribution in [1.82, 2.24) is 4.98 Å². The Morgan fingerprint density at radius 2 is 2.33 bits per heavy atom. The Kier molecular flexibility index (Phi) is 3.94. The van der Waals surface area contributed by atoms with Crippen LogP contribution in [0, 0.1) is 0 Å². The van der Waals surface area contributed by atoms with Gasteiger partial charge in [-0.05, 0) is 18.6 Å². The number of carboxylic acids is 1. The van der Waals surface area contributed by atoms with Gasteiger partial charge in [-0.1, -0.05) is 19.1 Å². The number of nitrogens with zero attached hydrogens (tertiary/aromatic N) is 1. The summed E-state index contributed by atoms with van der Waals surface area (Å²) in [6.45, 7) is 2.71. The molecule has 0 amide bonds. The van der Waals surface area contributed by atoms with E-state index in [4.69, 9.17) is 9.84 Å². The number of aromatic nitrogens is 1. The lowest BCUT2D eigenvalue weighted by molar-refractivity contribution is 0.0702. The van der Waals surface area contributed by atoms with E-state index in [1.165, 1.54) is 6.20 Å². The first kappa shape index (κ1) is 12.6. The normalized spacial score (nSPS) is 10.3. The maximum Gasteiger partial charge on any atom is 0.347 e. The molecule has 0 unspecified atom stereocenters. The van der Waals surface area contributed by atoms with Gasteiger partial charge in [0.1, 0.15) is 15.6 Å². The van der Waals surface area contributed by atoms with Crippen LogP contribution in [0.1, 0.15) is 23.0 Å². The summed E-state index contributed by atoms with van der Waals surface area (Å²) in [4.78, 5) is 15.2. The number of hydrogen-bond donors (Lipinski definition) is 1. The van der Waals surface area contributed by atoms with Crippen LogP contribution in [0.4, 0.5) is 0 Å². The summed E-state index contributed by atoms with van der Waals surface area (Å²) in [5.74, 6) is -0.168. The second-order valence-electron chi connectivity index (χ2n) is 3.71. The van der Waals surface area contributed by atoms with E-state index < -0.39 is 5.97 Å². The lowest BCUT2D eigenvalue weighted by Gasteiger charge is -2.05. The van der Waals surface area contributed by atoms with E-state index in [2.05, 4.69) is 4.98 Å². The predicted octanol–water partition coefficient (Wildman–Crippen LogP) is 3.30. The van der Waals surface area contributed by atoms with Crippen LogP contribution in [0.3, 0.4) is 0 Å². The highest BCUT2D eigenvalue weighted by Crippen LogP contribution is 2.27. The molecule has 0 aliphatic heterocycles. The fraction of sp³-hybridized carbons (Fsp3) is 0.231. The van der Waals surface area contributed by atoms with Gasteiger partial charge >= 0.3 is 5.97 Å². The number of benzene rings is 1. The summed E-state index contributed by atoms with van der Waals surface area (Å²) in [7, 11) is 0. The molecule has 2 rings (SSSR count). The second kappa shape index (κ2) is 5.64. The quantitative estimate of drug-likeness (QED) is 0.899. The first-order valence-corrected chi connectivity index (χ1v) is 6.44. The molecule has 0 radical (unpaired) electrons. The van der Waals surface area contributed by atoms with Gasteiger partial charge in [0.2, 0.25) is 0 Å². The molecule has 0 spiro atoms. The van der Waals surface area contributed by atoms with Crippen LogP contribution in [0.15, 0.2) is 30.5 Å². The highest BCUT2D eigenvalue weighted by molar-refractivity contribution is 7.16. The average molecular weight is 263 g/mol. The van der Waals surface area contributed by atoms with E-state index in [1.54, 1.807) is 0 Å². The molecular formula is C13H13NO3S. The number of hydrogen-bond acceptors (Lipinski definition) is 4. The van der Waals surface area contributed by atoms with Crippen LogP contribution in [0.5, 0.6) is 5.75 Å². The van der Waals surface area contributed by atoms with Crippen molar-refractivity contribution >= 4 is 17.3 Å².